The van der Waals surface area contributed by atoms with Crippen molar-refractivity contribution < 1.29 is 4.79 Å². The molecule has 0 fully saturated rings. The average Bonchev–Trinajstić information content (AvgIpc) is 2.63. The summed E-state index contributed by atoms with van der Waals surface area (Å²) in [5.74, 6) is 1.81. The molecule has 0 saturated heterocycles. The van der Waals surface area contributed by atoms with Crippen LogP contribution in [0.4, 0.5) is 0 Å². The second-order valence-corrected chi connectivity index (χ2v) is 7.71. The molecular formula is C26H50O. The van der Waals surface area contributed by atoms with Crippen molar-refractivity contribution in [3.05, 3.63) is 35.4 Å². The fourth-order valence-corrected chi connectivity index (χ4v) is 2.71. The van der Waals surface area contributed by atoms with Gasteiger partial charge in [0, 0.05) is 11.8 Å². The molecule has 1 heteroatoms. The van der Waals surface area contributed by atoms with Gasteiger partial charge in [0.05, 0.1) is 0 Å². The van der Waals surface area contributed by atoms with Crippen LogP contribution in [-0.4, -0.2) is 5.78 Å². The molecule has 0 spiro atoms. The highest BCUT2D eigenvalue weighted by Gasteiger charge is 2.13. The first kappa shape index (κ1) is 30.6. The van der Waals surface area contributed by atoms with E-state index >= 15 is 0 Å². The zero-order valence-electron chi connectivity index (χ0n) is 20.5. The fraction of sp³-hybridized carbons (Fsp3) is 0.731. The average molecular weight is 379 g/mol. The molecule has 0 aliphatic rings. The molecule has 1 aromatic rings. The summed E-state index contributed by atoms with van der Waals surface area (Å²) in [6.45, 7) is 23.0. The molecule has 0 amide bonds. The Kier molecular flexibility index (Phi) is 24.0. The molecule has 1 rings (SSSR count). The standard InChI is InChI=1S/C8H16O.C8H10.C8H18.C2H6/c1-5-7(4)8(9)6(2)3;1-7-4-3-5-8(2)6-7;1-4-6-8(3)7-5-2;1-2/h6-7H,5H2,1-4H3;3-6H,1-2H3;8H,4-7H2,1-3H3;1-2H3. The van der Waals surface area contributed by atoms with Gasteiger partial charge in [-0.2, -0.15) is 0 Å². The number of rotatable bonds is 7. The Balaban J connectivity index is -0.000000306. The molecular weight excluding hydrogens is 328 g/mol. The highest BCUT2D eigenvalue weighted by Crippen LogP contribution is 2.11. The van der Waals surface area contributed by atoms with Gasteiger partial charge < -0.3 is 0 Å². The summed E-state index contributed by atoms with van der Waals surface area (Å²) in [6.07, 6.45) is 6.49. The SMILES string of the molecule is CC.CCC(C)C(=O)C(C)C.CCCC(C)CCC.Cc1cccc(C)c1. The van der Waals surface area contributed by atoms with E-state index in [4.69, 9.17) is 0 Å². The summed E-state index contributed by atoms with van der Waals surface area (Å²) in [6, 6.07) is 8.45. The predicted molar refractivity (Wildman–Crippen MR) is 126 cm³/mol. The van der Waals surface area contributed by atoms with Crippen molar-refractivity contribution in [2.45, 2.75) is 108 Å². The van der Waals surface area contributed by atoms with Gasteiger partial charge >= 0.3 is 0 Å². The molecule has 1 atom stereocenters. The Morgan fingerprint density at radius 1 is 0.852 bits per heavy atom. The van der Waals surface area contributed by atoms with E-state index in [1.54, 1.807) is 0 Å². The van der Waals surface area contributed by atoms with Crippen LogP contribution >= 0.6 is 0 Å². The molecule has 0 saturated carbocycles. The van der Waals surface area contributed by atoms with Crippen molar-refractivity contribution in [1.29, 1.82) is 0 Å². The van der Waals surface area contributed by atoms with Crippen LogP contribution in [0.5, 0.6) is 0 Å². The zero-order valence-corrected chi connectivity index (χ0v) is 20.5. The van der Waals surface area contributed by atoms with Crippen molar-refractivity contribution >= 4 is 5.78 Å². The number of carbonyl (C=O) groups excluding carboxylic acids is 1. The van der Waals surface area contributed by atoms with E-state index in [1.165, 1.54) is 36.8 Å². The third kappa shape index (κ3) is 21.1. The van der Waals surface area contributed by atoms with Crippen LogP contribution in [0.2, 0.25) is 0 Å². The first-order valence-electron chi connectivity index (χ1n) is 11.3. The molecule has 0 aliphatic heterocycles. The van der Waals surface area contributed by atoms with Gasteiger partial charge in [0.15, 0.2) is 0 Å². The second-order valence-electron chi connectivity index (χ2n) is 7.71. The molecule has 0 N–H and O–H groups in total. The summed E-state index contributed by atoms with van der Waals surface area (Å²) in [4.78, 5) is 11.1. The lowest BCUT2D eigenvalue weighted by Crippen LogP contribution is -2.15. The van der Waals surface area contributed by atoms with Crippen LogP contribution in [-0.2, 0) is 4.79 Å². The van der Waals surface area contributed by atoms with Crippen LogP contribution in [0.15, 0.2) is 24.3 Å². The maximum atomic E-state index is 11.1. The monoisotopic (exact) mass is 378 g/mol. The zero-order chi connectivity index (χ0) is 21.8. The normalized spacial score (nSPS) is 10.7. The number of carbonyl (C=O) groups is 1. The number of Topliss-reactive ketones (excluding diaryl/α,β-unsaturated/α-hetero) is 1. The Hall–Kier alpha value is -1.11. The summed E-state index contributed by atoms with van der Waals surface area (Å²) in [5, 5.41) is 0. The lowest BCUT2D eigenvalue weighted by atomic mass is 9.95. The lowest BCUT2D eigenvalue weighted by Gasteiger charge is -2.08. The van der Waals surface area contributed by atoms with Crippen LogP contribution in [0.1, 0.15) is 106 Å². The molecule has 0 aliphatic carbocycles. The Morgan fingerprint density at radius 3 is 1.44 bits per heavy atom. The molecule has 1 aromatic carbocycles. The fourth-order valence-electron chi connectivity index (χ4n) is 2.71. The Labute approximate surface area is 172 Å². The first-order chi connectivity index (χ1) is 12.7. The van der Waals surface area contributed by atoms with Crippen molar-refractivity contribution in [3.63, 3.8) is 0 Å². The topological polar surface area (TPSA) is 17.1 Å². The van der Waals surface area contributed by atoms with E-state index in [0.29, 0.717) is 5.78 Å². The minimum absolute atomic E-state index is 0.208. The first-order valence-corrected chi connectivity index (χ1v) is 11.3. The minimum atomic E-state index is 0.208. The number of benzene rings is 1. The van der Waals surface area contributed by atoms with E-state index in [0.717, 1.165) is 12.3 Å². The van der Waals surface area contributed by atoms with E-state index < -0.39 is 0 Å². The molecule has 0 bridgehead atoms. The van der Waals surface area contributed by atoms with Crippen LogP contribution in [0.3, 0.4) is 0 Å². The molecule has 1 unspecified atom stereocenters. The minimum Gasteiger partial charge on any atom is -0.299 e. The van der Waals surface area contributed by atoms with Gasteiger partial charge in [-0.25, -0.2) is 0 Å². The molecule has 0 aromatic heterocycles. The number of hydrogen-bond acceptors (Lipinski definition) is 1. The highest BCUT2D eigenvalue weighted by atomic mass is 16.1. The maximum Gasteiger partial charge on any atom is 0.138 e. The van der Waals surface area contributed by atoms with Gasteiger partial charge in [0.2, 0.25) is 0 Å². The molecule has 0 heterocycles. The van der Waals surface area contributed by atoms with Crippen LogP contribution < -0.4 is 0 Å². The van der Waals surface area contributed by atoms with Gasteiger partial charge in [0.1, 0.15) is 5.78 Å². The summed E-state index contributed by atoms with van der Waals surface area (Å²) < 4.78 is 0. The number of hydrogen-bond donors (Lipinski definition) is 0. The number of ketones is 1. The van der Waals surface area contributed by atoms with Crippen molar-refractivity contribution in [3.8, 4) is 0 Å². The highest BCUT2D eigenvalue weighted by molar-refractivity contribution is 5.82. The smallest absolute Gasteiger partial charge is 0.138 e. The third-order valence-corrected chi connectivity index (χ3v) is 4.40. The van der Waals surface area contributed by atoms with Crippen LogP contribution in [0, 0.1) is 31.6 Å². The van der Waals surface area contributed by atoms with Crippen molar-refractivity contribution in [1.82, 2.24) is 0 Å². The van der Waals surface area contributed by atoms with E-state index in [1.807, 2.05) is 41.5 Å². The largest absolute Gasteiger partial charge is 0.299 e. The van der Waals surface area contributed by atoms with Gasteiger partial charge in [-0.3, -0.25) is 4.79 Å². The summed E-state index contributed by atoms with van der Waals surface area (Å²) in [5.41, 5.74) is 2.68. The van der Waals surface area contributed by atoms with E-state index in [2.05, 4.69) is 58.9 Å². The molecule has 0 radical (unpaired) electrons. The van der Waals surface area contributed by atoms with Gasteiger partial charge in [-0.05, 0) is 26.2 Å². The Bertz CT molecular complexity index is 410. The van der Waals surface area contributed by atoms with Gasteiger partial charge in [-0.1, -0.05) is 123 Å². The lowest BCUT2D eigenvalue weighted by molar-refractivity contribution is -0.125. The molecule has 27 heavy (non-hydrogen) atoms. The predicted octanol–water partition coefficient (Wildman–Crippen LogP) is 8.81. The van der Waals surface area contributed by atoms with E-state index in [-0.39, 0.29) is 11.8 Å². The number of aryl methyl sites for hydroxylation is 2. The second kappa shape index (κ2) is 21.2. The third-order valence-electron chi connectivity index (χ3n) is 4.40. The maximum absolute atomic E-state index is 11.1. The van der Waals surface area contributed by atoms with Crippen molar-refractivity contribution in [2.24, 2.45) is 17.8 Å². The van der Waals surface area contributed by atoms with Gasteiger partial charge in [0.25, 0.3) is 0 Å². The summed E-state index contributed by atoms with van der Waals surface area (Å²) >= 11 is 0. The quantitative estimate of drug-likeness (QED) is 0.463. The van der Waals surface area contributed by atoms with Crippen LogP contribution in [0.25, 0.3) is 0 Å². The molecule has 160 valence electrons. The van der Waals surface area contributed by atoms with Crippen molar-refractivity contribution in [2.75, 3.05) is 0 Å². The Morgan fingerprint density at radius 2 is 1.26 bits per heavy atom. The van der Waals surface area contributed by atoms with Gasteiger partial charge in [-0.15, -0.1) is 0 Å². The summed E-state index contributed by atoms with van der Waals surface area (Å²) in [7, 11) is 0. The van der Waals surface area contributed by atoms with E-state index in [9.17, 15) is 4.79 Å². The molecule has 1 nitrogen and oxygen atoms in total.